The summed E-state index contributed by atoms with van der Waals surface area (Å²) >= 11 is 0. The van der Waals surface area contributed by atoms with Crippen LogP contribution in [0.25, 0.3) is 10.9 Å². The lowest BCUT2D eigenvalue weighted by atomic mass is 10.2. The molecule has 3 aromatic rings. The Bertz CT molecular complexity index is 789. The largest absolute Gasteiger partial charge is 0.351 e. The molecule has 0 saturated carbocycles. The number of aromatic nitrogens is 4. The van der Waals surface area contributed by atoms with Crippen LogP contribution in [0.3, 0.4) is 0 Å². The summed E-state index contributed by atoms with van der Waals surface area (Å²) in [5.41, 5.74) is 1.75. The third kappa shape index (κ3) is 3.41. The van der Waals surface area contributed by atoms with Crippen LogP contribution in [0.5, 0.6) is 0 Å². The minimum Gasteiger partial charge on any atom is -0.351 e. The topological polar surface area (TPSA) is 64.7 Å². The summed E-state index contributed by atoms with van der Waals surface area (Å²) in [5, 5.41) is 12.7. The molecule has 0 aliphatic carbocycles. The Hall–Kier alpha value is -2.63. The average molecular weight is 311 g/mol. The molecule has 120 valence electrons. The standard InChI is InChI=1S/C17H21N5O/c1-2-11-21-16(8-10-19-21)17(23)18-9-5-12-22-15-7-4-3-6-14(15)13-20-22/h3-4,6-8,10,13H,2,5,9,11-12H2,1H3,(H,18,23). The van der Waals surface area contributed by atoms with E-state index in [0.717, 1.165) is 36.8 Å². The van der Waals surface area contributed by atoms with Crippen LogP contribution in [0.2, 0.25) is 0 Å². The second kappa shape index (κ2) is 7.09. The van der Waals surface area contributed by atoms with Crippen molar-refractivity contribution in [1.82, 2.24) is 24.9 Å². The van der Waals surface area contributed by atoms with Gasteiger partial charge in [-0.2, -0.15) is 10.2 Å². The number of fused-ring (bicyclic) bond motifs is 1. The van der Waals surface area contributed by atoms with Crippen molar-refractivity contribution in [2.45, 2.75) is 32.9 Å². The molecular formula is C17H21N5O. The molecule has 0 fully saturated rings. The van der Waals surface area contributed by atoms with Crippen molar-refractivity contribution in [1.29, 1.82) is 0 Å². The van der Waals surface area contributed by atoms with Gasteiger partial charge in [-0.3, -0.25) is 14.2 Å². The number of carbonyl (C=O) groups excluding carboxylic acids is 1. The van der Waals surface area contributed by atoms with E-state index in [1.165, 1.54) is 0 Å². The number of nitrogens with zero attached hydrogens (tertiary/aromatic N) is 4. The van der Waals surface area contributed by atoms with Crippen molar-refractivity contribution in [3.05, 3.63) is 48.4 Å². The molecule has 6 nitrogen and oxygen atoms in total. The van der Waals surface area contributed by atoms with Gasteiger partial charge in [0.2, 0.25) is 0 Å². The molecule has 1 amide bonds. The first-order valence-electron chi connectivity index (χ1n) is 8.00. The van der Waals surface area contributed by atoms with Crippen molar-refractivity contribution >= 4 is 16.8 Å². The van der Waals surface area contributed by atoms with Crippen LogP contribution in [0.1, 0.15) is 30.3 Å². The summed E-state index contributed by atoms with van der Waals surface area (Å²) in [6.07, 6.45) is 5.32. The fourth-order valence-corrected chi connectivity index (χ4v) is 2.64. The SMILES string of the molecule is CCCn1nccc1C(=O)NCCCn1ncc2ccccc21. The number of hydrogen-bond acceptors (Lipinski definition) is 3. The molecule has 0 unspecified atom stereocenters. The Morgan fingerprint density at radius 3 is 2.87 bits per heavy atom. The van der Waals surface area contributed by atoms with Gasteiger partial charge in [-0.1, -0.05) is 25.1 Å². The molecule has 0 aliphatic rings. The van der Waals surface area contributed by atoms with E-state index in [0.29, 0.717) is 12.2 Å². The highest BCUT2D eigenvalue weighted by molar-refractivity contribution is 5.92. The van der Waals surface area contributed by atoms with Crippen molar-refractivity contribution in [2.75, 3.05) is 6.54 Å². The van der Waals surface area contributed by atoms with Crippen LogP contribution in [0, 0.1) is 0 Å². The summed E-state index contributed by atoms with van der Waals surface area (Å²) in [6, 6.07) is 9.89. The number of aryl methyl sites for hydroxylation is 2. The third-order valence-electron chi connectivity index (χ3n) is 3.77. The van der Waals surface area contributed by atoms with Crippen LogP contribution in [-0.2, 0) is 13.1 Å². The summed E-state index contributed by atoms with van der Waals surface area (Å²) in [7, 11) is 0. The van der Waals surface area contributed by atoms with Gasteiger partial charge in [0.25, 0.3) is 5.91 Å². The number of para-hydroxylation sites is 1. The molecule has 0 radical (unpaired) electrons. The lowest BCUT2D eigenvalue weighted by Gasteiger charge is -2.08. The average Bonchev–Trinajstić information content (AvgIpc) is 3.19. The first-order chi connectivity index (χ1) is 11.3. The van der Waals surface area contributed by atoms with Crippen LogP contribution in [0.4, 0.5) is 0 Å². The first kappa shape index (κ1) is 15.3. The Labute approximate surface area is 135 Å². The predicted octanol–water partition coefficient (Wildman–Crippen LogP) is 2.46. The van der Waals surface area contributed by atoms with Gasteiger partial charge in [0.05, 0.1) is 11.7 Å². The molecule has 6 heteroatoms. The smallest absolute Gasteiger partial charge is 0.269 e. The molecule has 3 rings (SSSR count). The number of amides is 1. The van der Waals surface area contributed by atoms with Gasteiger partial charge < -0.3 is 5.32 Å². The van der Waals surface area contributed by atoms with E-state index in [4.69, 9.17) is 0 Å². The number of carbonyl (C=O) groups is 1. The molecular weight excluding hydrogens is 290 g/mol. The third-order valence-corrected chi connectivity index (χ3v) is 3.77. The minimum atomic E-state index is -0.0683. The molecule has 2 aromatic heterocycles. The van der Waals surface area contributed by atoms with Crippen molar-refractivity contribution < 1.29 is 4.79 Å². The molecule has 0 spiro atoms. The molecule has 0 aliphatic heterocycles. The monoisotopic (exact) mass is 311 g/mol. The molecule has 0 saturated heterocycles. The Morgan fingerprint density at radius 1 is 1.13 bits per heavy atom. The van der Waals surface area contributed by atoms with Gasteiger partial charge in [-0.15, -0.1) is 0 Å². The summed E-state index contributed by atoms with van der Waals surface area (Å²) < 4.78 is 3.72. The van der Waals surface area contributed by atoms with Crippen LogP contribution >= 0.6 is 0 Å². The van der Waals surface area contributed by atoms with E-state index in [-0.39, 0.29) is 5.91 Å². The maximum absolute atomic E-state index is 12.2. The molecule has 23 heavy (non-hydrogen) atoms. The molecule has 1 N–H and O–H groups in total. The highest BCUT2D eigenvalue weighted by Crippen LogP contribution is 2.12. The number of benzene rings is 1. The first-order valence-corrected chi connectivity index (χ1v) is 8.00. The van der Waals surface area contributed by atoms with Gasteiger partial charge in [0.15, 0.2) is 0 Å². The summed E-state index contributed by atoms with van der Waals surface area (Å²) in [5.74, 6) is -0.0683. The van der Waals surface area contributed by atoms with Gasteiger partial charge in [-0.05, 0) is 25.0 Å². The summed E-state index contributed by atoms with van der Waals surface area (Å²) in [6.45, 7) is 4.22. The second-order valence-electron chi connectivity index (χ2n) is 5.48. The van der Waals surface area contributed by atoms with E-state index in [9.17, 15) is 4.79 Å². The van der Waals surface area contributed by atoms with E-state index >= 15 is 0 Å². The van der Waals surface area contributed by atoms with E-state index in [2.05, 4.69) is 34.6 Å². The number of nitrogens with one attached hydrogen (secondary N) is 1. The quantitative estimate of drug-likeness (QED) is 0.682. The lowest BCUT2D eigenvalue weighted by Crippen LogP contribution is -2.27. The molecule has 0 bridgehead atoms. The van der Waals surface area contributed by atoms with Crippen molar-refractivity contribution in [2.24, 2.45) is 0 Å². The highest BCUT2D eigenvalue weighted by Gasteiger charge is 2.10. The molecule has 1 aromatic carbocycles. The fourth-order valence-electron chi connectivity index (χ4n) is 2.64. The van der Waals surface area contributed by atoms with Crippen molar-refractivity contribution in [3.63, 3.8) is 0 Å². The zero-order chi connectivity index (χ0) is 16.1. The molecule has 2 heterocycles. The fraction of sp³-hybridized carbons (Fsp3) is 0.353. The normalized spacial score (nSPS) is 11.0. The van der Waals surface area contributed by atoms with Crippen LogP contribution in [-0.4, -0.2) is 32.0 Å². The van der Waals surface area contributed by atoms with Crippen LogP contribution < -0.4 is 5.32 Å². The second-order valence-corrected chi connectivity index (χ2v) is 5.48. The van der Waals surface area contributed by atoms with Crippen molar-refractivity contribution in [3.8, 4) is 0 Å². The maximum Gasteiger partial charge on any atom is 0.269 e. The number of rotatable bonds is 7. The van der Waals surface area contributed by atoms with E-state index in [1.54, 1.807) is 16.9 Å². The minimum absolute atomic E-state index is 0.0683. The lowest BCUT2D eigenvalue weighted by molar-refractivity contribution is 0.0941. The number of hydrogen-bond donors (Lipinski definition) is 1. The Morgan fingerprint density at radius 2 is 2.00 bits per heavy atom. The van der Waals surface area contributed by atoms with Gasteiger partial charge in [0.1, 0.15) is 5.69 Å². The highest BCUT2D eigenvalue weighted by atomic mass is 16.2. The van der Waals surface area contributed by atoms with Crippen LogP contribution in [0.15, 0.2) is 42.7 Å². The Balaban J connectivity index is 1.51. The zero-order valence-electron chi connectivity index (χ0n) is 13.3. The van der Waals surface area contributed by atoms with E-state index < -0.39 is 0 Å². The van der Waals surface area contributed by atoms with E-state index in [1.807, 2.05) is 23.0 Å². The summed E-state index contributed by atoms with van der Waals surface area (Å²) in [4.78, 5) is 12.2. The van der Waals surface area contributed by atoms with Gasteiger partial charge in [-0.25, -0.2) is 0 Å². The Kier molecular flexibility index (Phi) is 4.71. The predicted molar refractivity (Wildman–Crippen MR) is 89.2 cm³/mol. The maximum atomic E-state index is 12.2. The van der Waals surface area contributed by atoms with Gasteiger partial charge in [0, 0.05) is 31.2 Å². The van der Waals surface area contributed by atoms with Gasteiger partial charge >= 0.3 is 0 Å². The zero-order valence-corrected chi connectivity index (χ0v) is 13.3. The molecule has 0 atom stereocenters.